The highest BCUT2D eigenvalue weighted by molar-refractivity contribution is 6.35. The molecule has 0 radical (unpaired) electrons. The van der Waals surface area contributed by atoms with Crippen LogP contribution in [-0.2, 0) is 0 Å². The zero-order valence-corrected chi connectivity index (χ0v) is 7.15. The molecule has 0 bridgehead atoms. The number of aromatic nitrogens is 2. The van der Waals surface area contributed by atoms with Gasteiger partial charge in [-0.25, -0.2) is 13.8 Å². The van der Waals surface area contributed by atoms with Crippen molar-refractivity contribution in [2.75, 3.05) is 0 Å². The number of alkyl halides is 2. The molecule has 0 atom stereocenters. The van der Waals surface area contributed by atoms with Crippen molar-refractivity contribution >= 4 is 22.6 Å². The van der Waals surface area contributed by atoms with E-state index in [1.165, 1.54) is 18.5 Å². The van der Waals surface area contributed by atoms with Crippen LogP contribution in [0.4, 0.5) is 8.78 Å². The largest absolute Gasteiger partial charge is 0.345 e. The number of nitrogens with zero attached hydrogens (tertiary/aromatic N) is 1. The molecule has 0 spiro atoms. The van der Waals surface area contributed by atoms with Crippen LogP contribution in [-0.4, -0.2) is 9.97 Å². The lowest BCUT2D eigenvalue weighted by molar-refractivity contribution is 0.151. The Morgan fingerprint density at radius 3 is 2.85 bits per heavy atom. The maximum absolute atomic E-state index is 12.3. The SMILES string of the molecule is FC(F)c1cc(Cl)c2nc[nH]c2c1. The third-order valence-electron chi connectivity index (χ3n) is 1.75. The first-order chi connectivity index (χ1) is 6.18. The lowest BCUT2D eigenvalue weighted by atomic mass is 10.2. The zero-order valence-electron chi connectivity index (χ0n) is 6.39. The van der Waals surface area contributed by atoms with E-state index in [1.807, 2.05) is 0 Å². The summed E-state index contributed by atoms with van der Waals surface area (Å²) in [4.78, 5) is 6.61. The predicted octanol–water partition coefficient (Wildman–Crippen LogP) is 3.15. The monoisotopic (exact) mass is 202 g/mol. The van der Waals surface area contributed by atoms with Gasteiger partial charge in [0.2, 0.25) is 0 Å². The molecule has 1 heterocycles. The lowest BCUT2D eigenvalue weighted by Crippen LogP contribution is -1.84. The van der Waals surface area contributed by atoms with Gasteiger partial charge in [0.25, 0.3) is 6.43 Å². The summed E-state index contributed by atoms with van der Waals surface area (Å²) < 4.78 is 24.6. The molecular formula is C8H5ClF2N2. The number of halogens is 3. The summed E-state index contributed by atoms with van der Waals surface area (Å²) in [5, 5.41) is 0.244. The van der Waals surface area contributed by atoms with Crippen LogP contribution >= 0.6 is 11.6 Å². The number of fused-ring (bicyclic) bond motifs is 1. The van der Waals surface area contributed by atoms with E-state index in [0.29, 0.717) is 11.0 Å². The van der Waals surface area contributed by atoms with Crippen LogP contribution in [0.2, 0.25) is 5.02 Å². The molecule has 1 aromatic carbocycles. The van der Waals surface area contributed by atoms with Crippen molar-refractivity contribution in [3.8, 4) is 0 Å². The van der Waals surface area contributed by atoms with Gasteiger partial charge >= 0.3 is 0 Å². The quantitative estimate of drug-likeness (QED) is 0.756. The second kappa shape index (κ2) is 2.96. The Hall–Kier alpha value is -1.16. The first-order valence-electron chi connectivity index (χ1n) is 3.59. The number of hydrogen-bond acceptors (Lipinski definition) is 1. The summed E-state index contributed by atoms with van der Waals surface area (Å²) >= 11 is 5.73. The van der Waals surface area contributed by atoms with Gasteiger partial charge in [-0.15, -0.1) is 0 Å². The number of imidazole rings is 1. The van der Waals surface area contributed by atoms with Gasteiger partial charge < -0.3 is 4.98 Å². The van der Waals surface area contributed by atoms with E-state index >= 15 is 0 Å². The van der Waals surface area contributed by atoms with Gasteiger partial charge in [0, 0.05) is 5.56 Å². The van der Waals surface area contributed by atoms with Crippen LogP contribution in [0.15, 0.2) is 18.5 Å². The second-order valence-electron chi connectivity index (χ2n) is 2.60. The van der Waals surface area contributed by atoms with Crippen LogP contribution in [0, 0.1) is 0 Å². The molecule has 5 heteroatoms. The van der Waals surface area contributed by atoms with Gasteiger partial charge in [-0.05, 0) is 12.1 Å². The zero-order chi connectivity index (χ0) is 9.42. The minimum atomic E-state index is -2.51. The van der Waals surface area contributed by atoms with Crippen molar-refractivity contribution in [1.82, 2.24) is 9.97 Å². The Bertz CT molecular complexity index is 439. The molecular weight excluding hydrogens is 198 g/mol. The van der Waals surface area contributed by atoms with Gasteiger partial charge in [0.15, 0.2) is 0 Å². The van der Waals surface area contributed by atoms with E-state index < -0.39 is 6.43 Å². The predicted molar refractivity (Wildman–Crippen MR) is 46.1 cm³/mol. The van der Waals surface area contributed by atoms with Gasteiger partial charge in [0.05, 0.1) is 16.9 Å². The van der Waals surface area contributed by atoms with E-state index in [1.54, 1.807) is 0 Å². The van der Waals surface area contributed by atoms with Crippen molar-refractivity contribution in [2.24, 2.45) is 0 Å². The fourth-order valence-corrected chi connectivity index (χ4v) is 1.43. The molecule has 0 aliphatic carbocycles. The summed E-state index contributed by atoms with van der Waals surface area (Å²) in [5.41, 5.74) is 0.954. The number of benzene rings is 1. The van der Waals surface area contributed by atoms with Crippen LogP contribution in [0.3, 0.4) is 0 Å². The first-order valence-corrected chi connectivity index (χ1v) is 3.97. The van der Waals surface area contributed by atoms with E-state index in [-0.39, 0.29) is 10.6 Å². The molecule has 0 saturated carbocycles. The molecule has 1 aromatic heterocycles. The maximum atomic E-state index is 12.3. The highest BCUT2D eigenvalue weighted by atomic mass is 35.5. The summed E-state index contributed by atoms with van der Waals surface area (Å²) in [7, 11) is 0. The Kier molecular flexibility index (Phi) is 1.92. The summed E-state index contributed by atoms with van der Waals surface area (Å²) in [5.74, 6) is 0. The third kappa shape index (κ3) is 1.37. The van der Waals surface area contributed by atoms with Gasteiger partial charge in [-0.3, -0.25) is 0 Å². The fourth-order valence-electron chi connectivity index (χ4n) is 1.15. The average molecular weight is 203 g/mol. The first kappa shape index (κ1) is 8.44. The highest BCUT2D eigenvalue weighted by Gasteiger charge is 2.11. The number of aromatic amines is 1. The molecule has 2 rings (SSSR count). The topological polar surface area (TPSA) is 28.7 Å². The van der Waals surface area contributed by atoms with Gasteiger partial charge in [0.1, 0.15) is 5.52 Å². The van der Waals surface area contributed by atoms with Crippen molar-refractivity contribution in [1.29, 1.82) is 0 Å². The molecule has 0 unspecified atom stereocenters. The highest BCUT2D eigenvalue weighted by Crippen LogP contribution is 2.27. The molecule has 0 fully saturated rings. The second-order valence-corrected chi connectivity index (χ2v) is 3.01. The van der Waals surface area contributed by atoms with Gasteiger partial charge in [-0.1, -0.05) is 11.6 Å². The normalized spacial score (nSPS) is 11.4. The van der Waals surface area contributed by atoms with Crippen LogP contribution in [0.5, 0.6) is 0 Å². The van der Waals surface area contributed by atoms with E-state index in [0.717, 1.165) is 0 Å². The maximum Gasteiger partial charge on any atom is 0.263 e. The number of H-pyrrole nitrogens is 1. The Labute approximate surface area is 77.5 Å². The smallest absolute Gasteiger partial charge is 0.263 e. The molecule has 1 N–H and O–H groups in total. The Morgan fingerprint density at radius 1 is 1.38 bits per heavy atom. The molecule has 0 saturated heterocycles. The van der Waals surface area contributed by atoms with Crippen LogP contribution in [0.25, 0.3) is 11.0 Å². The van der Waals surface area contributed by atoms with Gasteiger partial charge in [-0.2, -0.15) is 0 Å². The molecule has 0 amide bonds. The van der Waals surface area contributed by atoms with Crippen LogP contribution in [0.1, 0.15) is 12.0 Å². The lowest BCUT2D eigenvalue weighted by Gasteiger charge is -2.00. The fraction of sp³-hybridized carbons (Fsp3) is 0.125. The molecule has 0 aliphatic heterocycles. The molecule has 0 aliphatic rings. The molecule has 2 aromatic rings. The third-order valence-corrected chi connectivity index (χ3v) is 2.04. The molecule has 2 nitrogen and oxygen atoms in total. The van der Waals surface area contributed by atoms with E-state index in [4.69, 9.17) is 11.6 Å². The average Bonchev–Trinajstić information content (AvgIpc) is 2.51. The van der Waals surface area contributed by atoms with E-state index in [2.05, 4.69) is 9.97 Å². The van der Waals surface area contributed by atoms with Crippen LogP contribution < -0.4 is 0 Å². The van der Waals surface area contributed by atoms with Crippen molar-refractivity contribution < 1.29 is 8.78 Å². The number of hydrogen-bond donors (Lipinski definition) is 1. The summed E-state index contributed by atoms with van der Waals surface area (Å²) in [6, 6.07) is 2.58. The van der Waals surface area contributed by atoms with E-state index in [9.17, 15) is 8.78 Å². The minimum absolute atomic E-state index is 0.0956. The van der Waals surface area contributed by atoms with Crippen molar-refractivity contribution in [2.45, 2.75) is 6.43 Å². The minimum Gasteiger partial charge on any atom is -0.345 e. The molecule has 68 valence electrons. The molecule has 13 heavy (non-hydrogen) atoms. The summed E-state index contributed by atoms with van der Waals surface area (Å²) in [6.45, 7) is 0. The Balaban J connectivity index is 2.70. The van der Waals surface area contributed by atoms with Crippen molar-refractivity contribution in [3.05, 3.63) is 29.0 Å². The van der Waals surface area contributed by atoms with Crippen molar-refractivity contribution in [3.63, 3.8) is 0 Å². The number of rotatable bonds is 1. The summed E-state index contributed by atoms with van der Waals surface area (Å²) in [6.07, 6.45) is -1.09. The Morgan fingerprint density at radius 2 is 2.15 bits per heavy atom. The standard InChI is InChI=1S/C8H5ClF2N2/c9-5-1-4(8(10)11)2-6-7(5)13-3-12-6/h1-3,8H,(H,12,13). The number of nitrogens with one attached hydrogen (secondary N) is 1.